The average Bonchev–Trinajstić information content (AvgIpc) is 2.67. The molecule has 15 heavy (non-hydrogen) atoms. The number of rotatable bonds is 0. The van der Waals surface area contributed by atoms with Crippen LogP contribution in [0.4, 0.5) is 0 Å². The summed E-state index contributed by atoms with van der Waals surface area (Å²) in [4.78, 5) is 0. The lowest BCUT2D eigenvalue weighted by Gasteiger charge is -1.81. The van der Waals surface area contributed by atoms with Crippen LogP contribution in [0.15, 0.2) is 41.0 Å². The van der Waals surface area contributed by atoms with Crippen LogP contribution in [0.3, 0.4) is 0 Å². The van der Waals surface area contributed by atoms with Gasteiger partial charge < -0.3 is 4.42 Å². The van der Waals surface area contributed by atoms with Gasteiger partial charge in [0.15, 0.2) is 0 Å². The number of para-hydroxylation sites is 1. The Morgan fingerprint density at radius 3 is 2.07 bits per heavy atom. The van der Waals surface area contributed by atoms with E-state index in [1.807, 2.05) is 44.2 Å². The molecule has 2 aromatic rings. The highest BCUT2D eigenvalue weighted by Gasteiger charge is 1.89. The van der Waals surface area contributed by atoms with E-state index in [0.29, 0.717) is 0 Å². The summed E-state index contributed by atoms with van der Waals surface area (Å²) in [6.07, 6.45) is 1.03. The van der Waals surface area contributed by atoms with Gasteiger partial charge in [-0.1, -0.05) is 32.0 Å². The van der Waals surface area contributed by atoms with Crippen molar-refractivity contribution >= 4 is 40.6 Å². The molecule has 70 valence electrons. The second-order valence-corrected chi connectivity index (χ2v) is 2.54. The molecule has 0 saturated carbocycles. The fourth-order valence-corrected chi connectivity index (χ4v) is 0.906. The highest BCUT2D eigenvalue weighted by atomic mass is 16.3. The zero-order chi connectivity index (χ0) is 11.7. The summed E-state index contributed by atoms with van der Waals surface area (Å²) in [6.45, 7) is 4.00. The van der Waals surface area contributed by atoms with Gasteiger partial charge in [-0.3, -0.25) is 0 Å². The van der Waals surface area contributed by atoms with Crippen molar-refractivity contribution in [1.29, 1.82) is 0 Å². The quantitative estimate of drug-likeness (QED) is 0.580. The van der Waals surface area contributed by atoms with Gasteiger partial charge in [-0.2, -0.15) is 0 Å². The minimum atomic E-state index is -0.667. The fourth-order valence-electron chi connectivity index (χ4n) is 0.906. The van der Waals surface area contributed by atoms with Gasteiger partial charge in [0.05, 0.1) is 6.26 Å². The molecule has 2 rings (SSSR count). The molecule has 1 heterocycles. The van der Waals surface area contributed by atoms with Crippen molar-refractivity contribution < 1.29 is 4.42 Å². The first kappa shape index (κ1) is 14.0. The second kappa shape index (κ2) is 8.34. The van der Waals surface area contributed by atoms with E-state index in [-0.39, 0.29) is 0 Å². The molecule has 0 saturated heterocycles. The predicted octanol–water partition coefficient (Wildman–Crippen LogP) is 1.94. The maximum Gasteiger partial charge on any atom is 0.133 e. The Bertz CT molecular complexity index is 326. The standard InChI is InChI=1S/C8H6O.C2H6.B4/c1-2-4-8-7(3-1)5-6-9-8;1-2;1-4(2)3/h1-6H;1-2H3;. The Morgan fingerprint density at radius 2 is 1.53 bits per heavy atom. The monoisotopic (exact) mass is 192 g/mol. The summed E-state index contributed by atoms with van der Waals surface area (Å²) in [5, 5.41) is 1.16. The van der Waals surface area contributed by atoms with Gasteiger partial charge in [-0.15, -0.1) is 0 Å². The van der Waals surface area contributed by atoms with Crippen LogP contribution in [0.1, 0.15) is 13.8 Å². The van der Waals surface area contributed by atoms with Crippen molar-refractivity contribution in [2.75, 3.05) is 0 Å². The largest absolute Gasteiger partial charge is 0.464 e. The molecule has 0 unspecified atom stereocenters. The number of hydrogen-bond acceptors (Lipinski definition) is 1. The first-order valence-corrected chi connectivity index (χ1v) is 4.89. The van der Waals surface area contributed by atoms with Crippen LogP contribution < -0.4 is 0 Å². The maximum atomic E-state index is 5.12. The number of fused-ring (bicyclic) bond motifs is 1. The highest BCUT2D eigenvalue weighted by molar-refractivity contribution is 7.49. The van der Waals surface area contributed by atoms with E-state index in [0.717, 1.165) is 11.0 Å². The molecule has 0 aliphatic rings. The molecule has 0 fully saturated rings. The maximum absolute atomic E-state index is 5.12. The summed E-state index contributed by atoms with van der Waals surface area (Å²) in [5.74, 6) is 0. The Kier molecular flexibility index (Phi) is 7.79. The lowest BCUT2D eigenvalue weighted by molar-refractivity contribution is 0.616. The lowest BCUT2D eigenvalue weighted by Crippen LogP contribution is -2.11. The van der Waals surface area contributed by atoms with Gasteiger partial charge >= 0.3 is 0 Å². The Balaban J connectivity index is 0.000000282. The van der Waals surface area contributed by atoms with Crippen LogP contribution in [0.25, 0.3) is 11.0 Å². The van der Waals surface area contributed by atoms with E-state index in [9.17, 15) is 0 Å². The molecule has 1 nitrogen and oxygen atoms in total. The summed E-state index contributed by atoms with van der Waals surface area (Å²) in [6, 6.07) is 9.90. The SMILES string of the molecule is CC.[B]B([B])[B].c1ccc2occc2c1. The van der Waals surface area contributed by atoms with Crippen molar-refractivity contribution in [3.05, 3.63) is 36.6 Å². The van der Waals surface area contributed by atoms with E-state index < -0.39 is 6.39 Å². The summed E-state index contributed by atoms with van der Waals surface area (Å²) < 4.78 is 5.12. The minimum absolute atomic E-state index is 0.667. The van der Waals surface area contributed by atoms with Gasteiger partial charge in [-0.25, -0.2) is 0 Å². The Morgan fingerprint density at radius 1 is 1.00 bits per heavy atom. The zero-order valence-electron chi connectivity index (χ0n) is 9.18. The summed E-state index contributed by atoms with van der Waals surface area (Å²) >= 11 is 0. The van der Waals surface area contributed by atoms with Crippen molar-refractivity contribution in [3.63, 3.8) is 0 Å². The van der Waals surface area contributed by atoms with Crippen LogP contribution in [-0.2, 0) is 0 Å². The van der Waals surface area contributed by atoms with Gasteiger partial charge in [-0.05, 0) is 12.1 Å². The lowest BCUT2D eigenvalue weighted by atomic mass is 9.08. The second-order valence-electron chi connectivity index (χ2n) is 2.54. The van der Waals surface area contributed by atoms with Crippen LogP contribution in [-0.4, -0.2) is 29.6 Å². The molecule has 0 aliphatic carbocycles. The average molecular weight is 191 g/mol. The predicted molar refractivity (Wildman–Crippen MR) is 70.6 cm³/mol. The van der Waals surface area contributed by atoms with Crippen LogP contribution in [0.5, 0.6) is 0 Å². The third-order valence-electron chi connectivity index (χ3n) is 1.36. The molecule has 1 aromatic heterocycles. The fraction of sp³-hybridized carbons (Fsp3) is 0.200. The number of furan rings is 1. The molecule has 1 aromatic carbocycles. The van der Waals surface area contributed by atoms with Gasteiger partial charge in [0.1, 0.15) is 5.58 Å². The molecule has 0 spiro atoms. The number of hydrogen-bond donors (Lipinski definition) is 0. The van der Waals surface area contributed by atoms with E-state index in [1.165, 1.54) is 0 Å². The van der Waals surface area contributed by atoms with Crippen LogP contribution >= 0.6 is 0 Å². The van der Waals surface area contributed by atoms with E-state index in [1.54, 1.807) is 6.26 Å². The Labute approximate surface area is 95.9 Å². The normalized spacial score (nSPS) is 8.13. The molecule has 0 N–H and O–H groups in total. The summed E-state index contributed by atoms with van der Waals surface area (Å²) in [7, 11) is 14.0. The Hall–Kier alpha value is -0.980. The van der Waals surface area contributed by atoms with Crippen molar-refractivity contribution in [1.82, 2.24) is 0 Å². The van der Waals surface area contributed by atoms with Crippen molar-refractivity contribution in [2.24, 2.45) is 0 Å². The number of benzene rings is 1. The van der Waals surface area contributed by atoms with Crippen molar-refractivity contribution in [2.45, 2.75) is 13.8 Å². The van der Waals surface area contributed by atoms with Gasteiger partial charge in [0.2, 0.25) is 0 Å². The minimum Gasteiger partial charge on any atom is -0.464 e. The van der Waals surface area contributed by atoms with Gasteiger partial charge in [0, 0.05) is 35.0 Å². The highest BCUT2D eigenvalue weighted by Crippen LogP contribution is 2.12. The molecule has 6 radical (unpaired) electrons. The van der Waals surface area contributed by atoms with Crippen molar-refractivity contribution in [3.8, 4) is 0 Å². The smallest absolute Gasteiger partial charge is 0.133 e. The molecule has 0 atom stereocenters. The third-order valence-corrected chi connectivity index (χ3v) is 1.36. The van der Waals surface area contributed by atoms with Gasteiger partial charge in [0.25, 0.3) is 0 Å². The van der Waals surface area contributed by atoms with E-state index in [4.69, 9.17) is 4.42 Å². The molecule has 0 amide bonds. The first-order chi connectivity index (χ1) is 7.20. The van der Waals surface area contributed by atoms with Crippen LogP contribution in [0, 0.1) is 0 Å². The molecular weight excluding hydrogens is 179 g/mol. The summed E-state index contributed by atoms with van der Waals surface area (Å²) in [5.41, 5.74) is 0.956. The third kappa shape index (κ3) is 6.16. The molecule has 0 bridgehead atoms. The topological polar surface area (TPSA) is 13.1 Å². The van der Waals surface area contributed by atoms with E-state index >= 15 is 0 Å². The molecular formula is C10H12B4O. The zero-order valence-corrected chi connectivity index (χ0v) is 9.18. The van der Waals surface area contributed by atoms with E-state index in [2.05, 4.69) is 23.2 Å². The molecule has 5 heteroatoms. The van der Waals surface area contributed by atoms with Crippen LogP contribution in [0.2, 0.25) is 0 Å². The molecule has 0 aliphatic heterocycles. The first-order valence-electron chi connectivity index (χ1n) is 4.89.